The maximum Gasteiger partial charge on any atom is 0.338 e. The SMILES string of the molecule is CN(C)C(=O)C=Cc1cccc(C(=O)OC2CC(C(=O)NCCO)=CC3OCOC32)c1. The fourth-order valence-corrected chi connectivity index (χ4v) is 3.30. The number of rotatable bonds is 7. The van der Waals surface area contributed by atoms with E-state index in [0.717, 1.165) is 0 Å². The Morgan fingerprint density at radius 3 is 2.84 bits per heavy atom. The molecule has 9 heteroatoms. The van der Waals surface area contributed by atoms with Crippen molar-refractivity contribution >= 4 is 23.9 Å². The lowest BCUT2D eigenvalue weighted by molar-refractivity contribution is -0.123. The van der Waals surface area contributed by atoms with Crippen LogP contribution >= 0.6 is 0 Å². The van der Waals surface area contributed by atoms with E-state index >= 15 is 0 Å². The van der Waals surface area contributed by atoms with Crippen molar-refractivity contribution in [2.75, 3.05) is 34.0 Å². The molecule has 3 rings (SSSR count). The first-order valence-corrected chi connectivity index (χ1v) is 9.92. The molecule has 2 amide bonds. The van der Waals surface area contributed by atoms with Crippen LogP contribution in [0.2, 0.25) is 0 Å². The minimum atomic E-state index is -0.700. The highest BCUT2D eigenvalue weighted by Gasteiger charge is 2.42. The number of aliphatic hydroxyl groups excluding tert-OH is 1. The second-order valence-corrected chi connectivity index (χ2v) is 7.39. The maximum atomic E-state index is 12.8. The van der Waals surface area contributed by atoms with E-state index in [9.17, 15) is 14.4 Å². The van der Waals surface area contributed by atoms with Gasteiger partial charge in [-0.25, -0.2) is 4.79 Å². The second-order valence-electron chi connectivity index (χ2n) is 7.39. The number of nitrogens with zero attached hydrogens (tertiary/aromatic N) is 1. The molecule has 0 aromatic heterocycles. The van der Waals surface area contributed by atoms with Crippen LogP contribution in [-0.2, 0) is 23.8 Å². The number of amides is 2. The Labute approximate surface area is 180 Å². The first kappa shape index (κ1) is 22.7. The van der Waals surface area contributed by atoms with Crippen molar-refractivity contribution in [3.63, 3.8) is 0 Å². The van der Waals surface area contributed by atoms with Gasteiger partial charge in [0.25, 0.3) is 0 Å². The zero-order valence-electron chi connectivity index (χ0n) is 17.4. The minimum Gasteiger partial charge on any atom is -0.456 e. The van der Waals surface area contributed by atoms with Crippen LogP contribution in [0.25, 0.3) is 6.08 Å². The molecular formula is C22H26N2O7. The Kier molecular flexibility index (Phi) is 7.56. The maximum absolute atomic E-state index is 12.8. The van der Waals surface area contributed by atoms with Crippen LogP contribution in [0.4, 0.5) is 0 Å². The highest BCUT2D eigenvalue weighted by Crippen LogP contribution is 2.30. The third kappa shape index (κ3) is 5.78. The number of hydrogen-bond acceptors (Lipinski definition) is 7. The zero-order valence-corrected chi connectivity index (χ0v) is 17.4. The third-order valence-electron chi connectivity index (χ3n) is 4.93. The normalized spacial score (nSPS) is 22.5. The summed E-state index contributed by atoms with van der Waals surface area (Å²) in [4.78, 5) is 38.2. The van der Waals surface area contributed by atoms with Crippen molar-refractivity contribution in [3.8, 4) is 0 Å². The summed E-state index contributed by atoms with van der Waals surface area (Å²) in [5.41, 5.74) is 1.41. The van der Waals surface area contributed by atoms with E-state index in [4.69, 9.17) is 19.3 Å². The molecule has 1 aliphatic heterocycles. The lowest BCUT2D eigenvalue weighted by atomic mass is 9.91. The number of fused-ring (bicyclic) bond motifs is 1. The monoisotopic (exact) mass is 430 g/mol. The van der Waals surface area contributed by atoms with Gasteiger partial charge in [-0.2, -0.15) is 0 Å². The molecular weight excluding hydrogens is 404 g/mol. The predicted molar refractivity (Wildman–Crippen MR) is 111 cm³/mol. The van der Waals surface area contributed by atoms with Crippen molar-refractivity contribution in [2.45, 2.75) is 24.7 Å². The fourth-order valence-electron chi connectivity index (χ4n) is 3.30. The fraction of sp³-hybridized carbons (Fsp3) is 0.409. The number of benzene rings is 1. The van der Waals surface area contributed by atoms with Crippen LogP contribution in [0.3, 0.4) is 0 Å². The van der Waals surface area contributed by atoms with Crippen molar-refractivity contribution < 1.29 is 33.7 Å². The largest absolute Gasteiger partial charge is 0.456 e. The highest BCUT2D eigenvalue weighted by atomic mass is 16.7. The number of likely N-dealkylation sites (N-methyl/N-ethyl adjacent to an activating group) is 1. The van der Waals surface area contributed by atoms with Gasteiger partial charge in [-0.3, -0.25) is 9.59 Å². The van der Waals surface area contributed by atoms with Gasteiger partial charge in [0, 0.05) is 38.7 Å². The lowest BCUT2D eigenvalue weighted by Crippen LogP contribution is -2.43. The molecule has 1 aromatic rings. The Balaban J connectivity index is 1.70. The quantitative estimate of drug-likeness (QED) is 0.478. The summed E-state index contributed by atoms with van der Waals surface area (Å²) < 4.78 is 16.7. The van der Waals surface area contributed by atoms with Gasteiger partial charge in [-0.1, -0.05) is 12.1 Å². The number of esters is 1. The molecule has 1 aliphatic carbocycles. The molecule has 1 heterocycles. The minimum absolute atomic E-state index is 0.0472. The summed E-state index contributed by atoms with van der Waals surface area (Å²) in [6.07, 6.45) is 3.19. The Hall–Kier alpha value is -3.01. The molecule has 3 unspecified atom stereocenters. The third-order valence-corrected chi connectivity index (χ3v) is 4.93. The molecule has 1 fully saturated rings. The van der Waals surface area contributed by atoms with E-state index in [1.807, 2.05) is 0 Å². The smallest absolute Gasteiger partial charge is 0.338 e. The van der Waals surface area contributed by atoms with Crippen molar-refractivity contribution in [1.29, 1.82) is 0 Å². The van der Waals surface area contributed by atoms with Gasteiger partial charge in [0.15, 0.2) is 0 Å². The van der Waals surface area contributed by atoms with Gasteiger partial charge in [0.05, 0.1) is 12.2 Å². The molecule has 0 radical (unpaired) electrons. The first-order chi connectivity index (χ1) is 14.9. The van der Waals surface area contributed by atoms with Crippen LogP contribution in [0.15, 0.2) is 42.0 Å². The molecule has 166 valence electrons. The highest BCUT2D eigenvalue weighted by molar-refractivity contribution is 5.95. The molecule has 9 nitrogen and oxygen atoms in total. The van der Waals surface area contributed by atoms with E-state index in [2.05, 4.69) is 5.32 Å². The Morgan fingerprint density at radius 2 is 2.10 bits per heavy atom. The average molecular weight is 430 g/mol. The van der Waals surface area contributed by atoms with Gasteiger partial charge in [0.2, 0.25) is 11.8 Å². The lowest BCUT2D eigenvalue weighted by Gasteiger charge is -2.30. The molecule has 0 saturated carbocycles. The molecule has 2 N–H and O–H groups in total. The predicted octanol–water partition coefficient (Wildman–Crippen LogP) is 0.494. The van der Waals surface area contributed by atoms with E-state index in [-0.39, 0.29) is 38.2 Å². The average Bonchev–Trinajstić information content (AvgIpc) is 3.24. The van der Waals surface area contributed by atoms with Crippen LogP contribution in [0, 0.1) is 0 Å². The summed E-state index contributed by atoms with van der Waals surface area (Å²) >= 11 is 0. The summed E-state index contributed by atoms with van der Waals surface area (Å²) in [5, 5.41) is 11.5. The zero-order chi connectivity index (χ0) is 22.4. The molecule has 0 bridgehead atoms. The van der Waals surface area contributed by atoms with E-state index in [1.165, 1.54) is 11.0 Å². The number of aliphatic hydroxyl groups is 1. The van der Waals surface area contributed by atoms with Crippen LogP contribution in [-0.4, -0.2) is 80.1 Å². The van der Waals surface area contributed by atoms with Crippen molar-refractivity contribution in [3.05, 3.63) is 53.1 Å². The van der Waals surface area contributed by atoms with Crippen molar-refractivity contribution in [2.24, 2.45) is 0 Å². The van der Waals surface area contributed by atoms with Crippen LogP contribution < -0.4 is 5.32 Å². The number of nitrogens with one attached hydrogen (secondary N) is 1. The first-order valence-electron chi connectivity index (χ1n) is 9.92. The summed E-state index contributed by atoms with van der Waals surface area (Å²) in [6.45, 7) is 0.00233. The molecule has 3 atom stereocenters. The van der Waals surface area contributed by atoms with Crippen molar-refractivity contribution in [1.82, 2.24) is 10.2 Å². The van der Waals surface area contributed by atoms with E-state index < -0.39 is 24.3 Å². The number of hydrogen-bond donors (Lipinski definition) is 2. The number of carbonyl (C=O) groups excluding carboxylic acids is 3. The Bertz CT molecular complexity index is 894. The van der Waals surface area contributed by atoms with E-state index in [1.54, 1.807) is 50.5 Å². The summed E-state index contributed by atoms with van der Waals surface area (Å²) in [7, 11) is 3.30. The number of ether oxygens (including phenoxy) is 3. The van der Waals surface area contributed by atoms with Gasteiger partial charge < -0.3 is 29.5 Å². The standard InChI is InChI=1S/C22H26N2O7/c1-24(2)19(26)7-6-14-4-3-5-15(10-14)22(28)31-18-12-16(21(27)23-8-9-25)11-17-20(18)30-13-29-17/h3-7,10-11,17-18,20,25H,8-9,12-13H2,1-2H3,(H,23,27). The second kappa shape index (κ2) is 10.3. The Morgan fingerprint density at radius 1 is 1.29 bits per heavy atom. The number of carbonyl (C=O) groups is 3. The van der Waals surface area contributed by atoms with E-state index in [0.29, 0.717) is 16.7 Å². The molecule has 1 aromatic carbocycles. The van der Waals surface area contributed by atoms with Gasteiger partial charge >= 0.3 is 5.97 Å². The van der Waals surface area contributed by atoms with Gasteiger partial charge in [-0.05, 0) is 29.8 Å². The molecule has 31 heavy (non-hydrogen) atoms. The van der Waals surface area contributed by atoms with Crippen LogP contribution in [0.1, 0.15) is 22.3 Å². The molecule has 0 spiro atoms. The topological polar surface area (TPSA) is 114 Å². The summed E-state index contributed by atoms with van der Waals surface area (Å²) in [6, 6.07) is 6.71. The van der Waals surface area contributed by atoms with Crippen LogP contribution in [0.5, 0.6) is 0 Å². The molecule has 2 aliphatic rings. The van der Waals surface area contributed by atoms with Gasteiger partial charge in [-0.15, -0.1) is 0 Å². The van der Waals surface area contributed by atoms with Gasteiger partial charge in [0.1, 0.15) is 25.1 Å². The molecule has 1 saturated heterocycles. The summed E-state index contributed by atoms with van der Waals surface area (Å²) in [5.74, 6) is -1.08.